The maximum Gasteiger partial charge on any atom is 0.268 e. The Hall–Kier alpha value is -2.49. The van der Waals surface area contributed by atoms with E-state index >= 15 is 0 Å². The van der Waals surface area contributed by atoms with Gasteiger partial charge in [-0.05, 0) is 50.5 Å². The second-order valence-corrected chi connectivity index (χ2v) is 5.63. The van der Waals surface area contributed by atoms with Gasteiger partial charge in [0.15, 0.2) is 0 Å². The lowest BCUT2D eigenvalue weighted by molar-refractivity contribution is 0.627. The molecule has 3 aromatic rings. The van der Waals surface area contributed by atoms with Crippen molar-refractivity contribution in [2.24, 2.45) is 0 Å². The molecule has 0 saturated heterocycles. The van der Waals surface area contributed by atoms with Crippen LogP contribution in [0.4, 0.5) is 4.39 Å². The molecule has 3 nitrogen and oxygen atoms in total. The summed E-state index contributed by atoms with van der Waals surface area (Å²) in [4.78, 5) is 17.3. The minimum Gasteiger partial charge on any atom is -0.268 e. The third kappa shape index (κ3) is 2.84. The molecule has 0 unspecified atom stereocenters. The monoisotopic (exact) mass is 326 g/mol. The maximum atomic E-state index is 14.4. The summed E-state index contributed by atoms with van der Waals surface area (Å²) < 4.78 is 15.9. The molecule has 0 aliphatic carbocycles. The van der Waals surface area contributed by atoms with Crippen molar-refractivity contribution in [1.29, 1.82) is 0 Å². The normalized spacial score (nSPS) is 10.5. The third-order valence-electron chi connectivity index (χ3n) is 4.00. The van der Waals surface area contributed by atoms with Gasteiger partial charge in [0.05, 0.1) is 11.2 Å². The van der Waals surface area contributed by atoms with Crippen LogP contribution in [0, 0.1) is 33.5 Å². The molecule has 126 valence electrons. The van der Waals surface area contributed by atoms with E-state index in [4.69, 9.17) is 0 Å². The van der Waals surface area contributed by atoms with Crippen molar-refractivity contribution in [3.05, 3.63) is 69.0 Å². The first kappa shape index (κ1) is 17.9. The molecule has 0 aliphatic rings. The summed E-state index contributed by atoms with van der Waals surface area (Å²) in [6, 6.07) is 9.15. The second-order valence-electron chi connectivity index (χ2n) is 5.63. The van der Waals surface area contributed by atoms with Gasteiger partial charge in [-0.25, -0.2) is 9.37 Å². The van der Waals surface area contributed by atoms with Crippen LogP contribution in [0.25, 0.3) is 16.6 Å². The Bertz CT molecular complexity index is 938. The fourth-order valence-corrected chi connectivity index (χ4v) is 2.87. The van der Waals surface area contributed by atoms with Crippen LogP contribution < -0.4 is 5.56 Å². The van der Waals surface area contributed by atoms with E-state index in [0.29, 0.717) is 16.9 Å². The third-order valence-corrected chi connectivity index (χ3v) is 4.00. The van der Waals surface area contributed by atoms with Crippen LogP contribution in [0.1, 0.15) is 36.4 Å². The minimum atomic E-state index is -0.491. The minimum absolute atomic E-state index is 0.0493. The van der Waals surface area contributed by atoms with Crippen molar-refractivity contribution < 1.29 is 4.39 Å². The zero-order valence-corrected chi connectivity index (χ0v) is 15.1. The molecule has 3 rings (SSSR count). The van der Waals surface area contributed by atoms with Crippen LogP contribution in [0.3, 0.4) is 0 Å². The van der Waals surface area contributed by atoms with Crippen LogP contribution in [0.2, 0.25) is 0 Å². The first-order valence-corrected chi connectivity index (χ1v) is 8.17. The predicted octanol–water partition coefficient (Wildman–Crippen LogP) is 4.78. The number of benzene rings is 2. The van der Waals surface area contributed by atoms with Crippen molar-refractivity contribution >= 4 is 10.9 Å². The van der Waals surface area contributed by atoms with E-state index in [-0.39, 0.29) is 10.9 Å². The van der Waals surface area contributed by atoms with E-state index in [0.717, 1.165) is 16.8 Å². The molecule has 0 atom stereocenters. The lowest BCUT2D eigenvalue weighted by atomic mass is 10.1. The summed E-state index contributed by atoms with van der Waals surface area (Å²) in [5.41, 5.74) is 3.18. The van der Waals surface area contributed by atoms with Crippen LogP contribution in [-0.2, 0) is 0 Å². The lowest BCUT2D eigenvalue weighted by Gasteiger charge is -2.16. The zero-order chi connectivity index (χ0) is 18.0. The highest BCUT2D eigenvalue weighted by molar-refractivity contribution is 5.79. The Labute approximate surface area is 141 Å². The van der Waals surface area contributed by atoms with Crippen molar-refractivity contribution in [3.8, 4) is 5.69 Å². The first-order valence-electron chi connectivity index (χ1n) is 8.17. The Morgan fingerprint density at radius 3 is 2.08 bits per heavy atom. The van der Waals surface area contributed by atoms with Crippen LogP contribution in [-0.4, -0.2) is 9.55 Å². The average Bonchev–Trinajstić information content (AvgIpc) is 2.55. The van der Waals surface area contributed by atoms with Gasteiger partial charge in [0.1, 0.15) is 17.0 Å². The van der Waals surface area contributed by atoms with E-state index < -0.39 is 5.82 Å². The number of rotatable bonds is 1. The van der Waals surface area contributed by atoms with E-state index in [1.54, 1.807) is 26.0 Å². The summed E-state index contributed by atoms with van der Waals surface area (Å²) in [5, 5.41) is 0.0493. The summed E-state index contributed by atoms with van der Waals surface area (Å²) in [7, 11) is 0. The number of hydrogen-bond donors (Lipinski definition) is 0. The molecule has 0 amide bonds. The molecule has 1 aromatic heterocycles. The highest BCUT2D eigenvalue weighted by Gasteiger charge is 2.17. The molecule has 0 radical (unpaired) electrons. The topological polar surface area (TPSA) is 34.9 Å². The highest BCUT2D eigenvalue weighted by Crippen LogP contribution is 2.21. The lowest BCUT2D eigenvalue weighted by Crippen LogP contribution is -2.24. The molecular formula is C20H23FN2O. The highest BCUT2D eigenvalue weighted by atomic mass is 19.1. The first-order chi connectivity index (χ1) is 11.4. The van der Waals surface area contributed by atoms with Gasteiger partial charge in [-0.3, -0.25) is 9.36 Å². The molecule has 0 saturated carbocycles. The maximum absolute atomic E-state index is 14.4. The van der Waals surface area contributed by atoms with Crippen molar-refractivity contribution in [2.75, 3.05) is 0 Å². The number of halogens is 1. The number of para-hydroxylation sites is 1. The Morgan fingerprint density at radius 2 is 1.50 bits per heavy atom. The molecule has 24 heavy (non-hydrogen) atoms. The van der Waals surface area contributed by atoms with Crippen molar-refractivity contribution in [1.82, 2.24) is 9.55 Å². The number of aromatic nitrogens is 2. The van der Waals surface area contributed by atoms with Gasteiger partial charge in [-0.15, -0.1) is 0 Å². The van der Waals surface area contributed by atoms with Gasteiger partial charge < -0.3 is 0 Å². The van der Waals surface area contributed by atoms with Gasteiger partial charge in [0, 0.05) is 0 Å². The van der Waals surface area contributed by atoms with Gasteiger partial charge >= 0.3 is 0 Å². The van der Waals surface area contributed by atoms with Gasteiger partial charge in [-0.2, -0.15) is 0 Å². The molecule has 0 spiro atoms. The van der Waals surface area contributed by atoms with Gasteiger partial charge in [-0.1, -0.05) is 38.1 Å². The summed E-state index contributed by atoms with van der Waals surface area (Å²) in [5.74, 6) is 0.0631. The second kappa shape index (κ2) is 6.95. The van der Waals surface area contributed by atoms with E-state index in [2.05, 4.69) is 4.98 Å². The van der Waals surface area contributed by atoms with Gasteiger partial charge in [0.25, 0.3) is 5.56 Å². The standard InChI is InChI=1S/C18H17FN2O.C2H6/c1-10-8-9-14-15(16(10)19)18(22)21(13(4)20-14)17-11(2)6-5-7-12(17)3;1-2/h5-9H,1-4H3;1-2H3. The van der Waals surface area contributed by atoms with Crippen LogP contribution in [0.15, 0.2) is 35.1 Å². The Kier molecular flexibility index (Phi) is 5.17. The van der Waals surface area contributed by atoms with E-state index in [9.17, 15) is 9.18 Å². The largest absolute Gasteiger partial charge is 0.268 e. The Balaban J connectivity index is 0.00000100. The summed E-state index contributed by atoms with van der Waals surface area (Å²) in [6.45, 7) is 11.3. The zero-order valence-electron chi connectivity index (χ0n) is 15.1. The van der Waals surface area contributed by atoms with E-state index in [1.165, 1.54) is 4.57 Å². The quantitative estimate of drug-likeness (QED) is 0.645. The van der Waals surface area contributed by atoms with Crippen LogP contribution >= 0.6 is 0 Å². The molecule has 1 heterocycles. The number of fused-ring (bicyclic) bond motifs is 1. The number of hydrogen-bond acceptors (Lipinski definition) is 2. The molecule has 2 aromatic carbocycles. The smallest absolute Gasteiger partial charge is 0.268 e. The fraction of sp³-hybridized carbons (Fsp3) is 0.300. The van der Waals surface area contributed by atoms with E-state index in [1.807, 2.05) is 45.9 Å². The number of nitrogens with zero attached hydrogens (tertiary/aromatic N) is 2. The average molecular weight is 326 g/mol. The van der Waals surface area contributed by atoms with Crippen molar-refractivity contribution in [2.45, 2.75) is 41.5 Å². The fourth-order valence-electron chi connectivity index (χ4n) is 2.87. The molecule has 0 bridgehead atoms. The Morgan fingerprint density at radius 1 is 0.917 bits per heavy atom. The molecule has 0 fully saturated rings. The predicted molar refractivity (Wildman–Crippen MR) is 97.6 cm³/mol. The van der Waals surface area contributed by atoms with Crippen LogP contribution in [0.5, 0.6) is 0 Å². The van der Waals surface area contributed by atoms with Gasteiger partial charge in [0.2, 0.25) is 0 Å². The molecule has 4 heteroatoms. The molecular weight excluding hydrogens is 303 g/mol. The molecule has 0 N–H and O–H groups in total. The SMILES string of the molecule is CC.Cc1cccc(C)c1-n1c(C)nc2ccc(C)c(F)c2c1=O. The summed E-state index contributed by atoms with van der Waals surface area (Å²) in [6.07, 6.45) is 0. The number of aryl methyl sites for hydroxylation is 4. The van der Waals surface area contributed by atoms with Crippen molar-refractivity contribution in [3.63, 3.8) is 0 Å². The summed E-state index contributed by atoms with van der Waals surface area (Å²) >= 11 is 0. The molecule has 0 aliphatic heterocycles.